The fraction of sp³-hybridized carbons (Fsp3) is 0.333. The van der Waals surface area contributed by atoms with Crippen LogP contribution in [0.25, 0.3) is 0 Å². The molecule has 0 spiro atoms. The second kappa shape index (κ2) is 10.8. The van der Waals surface area contributed by atoms with Gasteiger partial charge in [0.25, 0.3) is 0 Å². The average Bonchev–Trinajstić information content (AvgIpc) is 2.68. The highest BCUT2D eigenvalue weighted by molar-refractivity contribution is 5.75. The van der Waals surface area contributed by atoms with Gasteiger partial charge in [0.1, 0.15) is 12.4 Å². The largest absolute Gasteiger partial charge is 0.487 e. The third kappa shape index (κ3) is 7.19. The molecular weight excluding hydrogens is 356 g/mol. The molecule has 2 aromatic carbocycles. The number of hydrogen-bond acceptors (Lipinski definition) is 4. The number of nitrogens with zero attached hydrogens (tertiary/aromatic N) is 1. The van der Waals surface area contributed by atoms with Gasteiger partial charge in [0.05, 0.1) is 5.69 Å². The smallest absolute Gasteiger partial charge is 0.315 e. The molecule has 0 heterocycles. The Morgan fingerprint density at radius 3 is 2.46 bits per heavy atom. The van der Waals surface area contributed by atoms with E-state index in [1.807, 2.05) is 67.5 Å². The summed E-state index contributed by atoms with van der Waals surface area (Å²) < 4.78 is 6.02. The van der Waals surface area contributed by atoms with Gasteiger partial charge in [-0.2, -0.15) is 0 Å². The van der Waals surface area contributed by atoms with Gasteiger partial charge in [-0.05, 0) is 29.7 Å². The van der Waals surface area contributed by atoms with Gasteiger partial charge in [-0.15, -0.1) is 0 Å². The molecular formula is C21H28N4O3. The topological polar surface area (TPSA) is 96.7 Å². The van der Waals surface area contributed by atoms with E-state index in [9.17, 15) is 9.59 Å². The van der Waals surface area contributed by atoms with Gasteiger partial charge in [-0.1, -0.05) is 36.4 Å². The van der Waals surface area contributed by atoms with E-state index in [1.54, 1.807) is 0 Å². The van der Waals surface area contributed by atoms with Gasteiger partial charge >= 0.3 is 6.03 Å². The zero-order chi connectivity index (χ0) is 20.4. The molecule has 0 atom stereocenters. The lowest BCUT2D eigenvalue weighted by Crippen LogP contribution is -2.35. The van der Waals surface area contributed by atoms with Crippen LogP contribution in [-0.2, 0) is 17.9 Å². The van der Waals surface area contributed by atoms with Crippen LogP contribution in [0.3, 0.4) is 0 Å². The number of rotatable bonds is 10. The third-order valence-electron chi connectivity index (χ3n) is 4.08. The molecule has 4 N–H and O–H groups in total. The maximum absolute atomic E-state index is 11.9. The third-order valence-corrected chi connectivity index (χ3v) is 4.08. The lowest BCUT2D eigenvalue weighted by atomic mass is 10.1. The fourth-order valence-electron chi connectivity index (χ4n) is 2.60. The van der Waals surface area contributed by atoms with Gasteiger partial charge in [-0.3, -0.25) is 4.79 Å². The molecule has 7 heteroatoms. The van der Waals surface area contributed by atoms with E-state index in [4.69, 9.17) is 10.5 Å². The Morgan fingerprint density at radius 1 is 1.04 bits per heavy atom. The van der Waals surface area contributed by atoms with Crippen molar-refractivity contribution in [2.24, 2.45) is 5.73 Å². The summed E-state index contributed by atoms with van der Waals surface area (Å²) in [5.74, 6) is 0.390. The normalized spacial score (nSPS) is 10.2. The van der Waals surface area contributed by atoms with E-state index in [1.165, 1.54) is 0 Å². The van der Waals surface area contributed by atoms with E-state index in [0.29, 0.717) is 26.1 Å². The van der Waals surface area contributed by atoms with Crippen LogP contribution in [0.15, 0.2) is 48.5 Å². The number of urea groups is 1. The molecule has 28 heavy (non-hydrogen) atoms. The monoisotopic (exact) mass is 384 g/mol. The summed E-state index contributed by atoms with van der Waals surface area (Å²) in [5.41, 5.74) is 8.06. The molecule has 0 aliphatic rings. The Hall–Kier alpha value is -3.22. The first kappa shape index (κ1) is 21.1. The van der Waals surface area contributed by atoms with Gasteiger partial charge in [-0.25, -0.2) is 4.79 Å². The molecule has 0 saturated heterocycles. The molecule has 2 rings (SSSR count). The summed E-state index contributed by atoms with van der Waals surface area (Å²) >= 11 is 0. The van der Waals surface area contributed by atoms with E-state index in [0.717, 1.165) is 22.6 Å². The van der Waals surface area contributed by atoms with E-state index < -0.39 is 0 Å². The van der Waals surface area contributed by atoms with Crippen LogP contribution in [0.5, 0.6) is 5.75 Å². The SMILES string of the molecule is CN(C)c1ccc(CNC(=O)NCCCC(N)=O)cc1OCc1ccccc1. The van der Waals surface area contributed by atoms with Crippen molar-refractivity contribution in [1.82, 2.24) is 10.6 Å². The van der Waals surface area contributed by atoms with Crippen molar-refractivity contribution >= 4 is 17.6 Å². The van der Waals surface area contributed by atoms with Gasteiger partial charge < -0.3 is 26.0 Å². The quantitative estimate of drug-likeness (QED) is 0.548. The van der Waals surface area contributed by atoms with Crippen LogP contribution in [-0.4, -0.2) is 32.6 Å². The van der Waals surface area contributed by atoms with Crippen LogP contribution >= 0.6 is 0 Å². The Morgan fingerprint density at radius 2 is 1.79 bits per heavy atom. The second-order valence-corrected chi connectivity index (χ2v) is 6.65. The molecule has 7 nitrogen and oxygen atoms in total. The number of hydrogen-bond donors (Lipinski definition) is 3. The van der Waals surface area contributed by atoms with E-state index >= 15 is 0 Å². The van der Waals surface area contributed by atoms with Gasteiger partial charge in [0.15, 0.2) is 0 Å². The van der Waals surface area contributed by atoms with Crippen molar-refractivity contribution in [2.75, 3.05) is 25.5 Å². The molecule has 0 saturated carbocycles. The van der Waals surface area contributed by atoms with Crippen molar-refractivity contribution in [3.8, 4) is 5.75 Å². The zero-order valence-electron chi connectivity index (χ0n) is 16.4. The molecule has 0 bridgehead atoms. The number of anilines is 1. The Balaban J connectivity index is 1.92. The highest BCUT2D eigenvalue weighted by atomic mass is 16.5. The number of carbonyl (C=O) groups is 2. The fourth-order valence-corrected chi connectivity index (χ4v) is 2.60. The summed E-state index contributed by atoms with van der Waals surface area (Å²) in [6, 6.07) is 15.5. The van der Waals surface area contributed by atoms with Crippen molar-refractivity contribution in [3.63, 3.8) is 0 Å². The molecule has 0 aromatic heterocycles. The first-order valence-corrected chi connectivity index (χ1v) is 9.22. The van der Waals surface area contributed by atoms with Crippen LogP contribution < -0.4 is 26.0 Å². The number of carbonyl (C=O) groups excluding carboxylic acids is 2. The number of nitrogens with two attached hydrogens (primary N) is 1. The van der Waals surface area contributed by atoms with Gasteiger partial charge in [0, 0.05) is 33.6 Å². The second-order valence-electron chi connectivity index (χ2n) is 6.65. The van der Waals surface area contributed by atoms with Crippen molar-refractivity contribution < 1.29 is 14.3 Å². The predicted octanol–water partition coefficient (Wildman–Crippen LogP) is 2.40. The predicted molar refractivity (Wildman–Crippen MR) is 110 cm³/mol. The Bertz CT molecular complexity index is 778. The molecule has 0 fully saturated rings. The maximum atomic E-state index is 11.9. The van der Waals surface area contributed by atoms with Crippen LogP contribution in [0, 0.1) is 0 Å². The molecule has 150 valence electrons. The van der Waals surface area contributed by atoms with Crippen molar-refractivity contribution in [1.29, 1.82) is 0 Å². The standard InChI is InChI=1S/C21H28N4O3/c1-25(2)18-11-10-17(14-24-21(27)23-12-6-9-20(22)26)13-19(18)28-15-16-7-4-3-5-8-16/h3-5,7-8,10-11,13H,6,9,12,14-15H2,1-2H3,(H2,22,26)(H2,23,24,27). The zero-order valence-corrected chi connectivity index (χ0v) is 16.4. The average molecular weight is 384 g/mol. The first-order chi connectivity index (χ1) is 13.5. The lowest BCUT2D eigenvalue weighted by molar-refractivity contribution is -0.118. The Labute approximate surface area is 165 Å². The minimum absolute atomic E-state index is 0.258. The molecule has 2 aromatic rings. The molecule has 0 unspecified atom stereocenters. The Kier molecular flexibility index (Phi) is 8.14. The van der Waals surface area contributed by atoms with Crippen LogP contribution in [0.2, 0.25) is 0 Å². The number of nitrogens with one attached hydrogen (secondary N) is 2. The highest BCUT2D eigenvalue weighted by Gasteiger charge is 2.09. The minimum Gasteiger partial charge on any atom is -0.487 e. The van der Waals surface area contributed by atoms with Crippen molar-refractivity contribution in [2.45, 2.75) is 26.0 Å². The van der Waals surface area contributed by atoms with E-state index in [-0.39, 0.29) is 18.4 Å². The van der Waals surface area contributed by atoms with E-state index in [2.05, 4.69) is 10.6 Å². The minimum atomic E-state index is -0.369. The summed E-state index contributed by atoms with van der Waals surface area (Å²) in [7, 11) is 3.92. The molecule has 0 aliphatic heterocycles. The maximum Gasteiger partial charge on any atom is 0.315 e. The van der Waals surface area contributed by atoms with Gasteiger partial charge in [0.2, 0.25) is 5.91 Å². The number of ether oxygens (including phenoxy) is 1. The molecule has 3 amide bonds. The van der Waals surface area contributed by atoms with Crippen LogP contribution in [0.4, 0.5) is 10.5 Å². The molecule has 0 radical (unpaired) electrons. The summed E-state index contributed by atoms with van der Waals surface area (Å²) in [4.78, 5) is 24.5. The number of amides is 3. The highest BCUT2D eigenvalue weighted by Crippen LogP contribution is 2.29. The molecule has 0 aliphatic carbocycles. The summed E-state index contributed by atoms with van der Waals surface area (Å²) in [6.07, 6.45) is 0.784. The number of primary amides is 1. The summed E-state index contributed by atoms with van der Waals surface area (Å²) in [6.45, 7) is 1.25. The lowest BCUT2D eigenvalue weighted by Gasteiger charge is -2.19. The van der Waals surface area contributed by atoms with Crippen molar-refractivity contribution in [3.05, 3.63) is 59.7 Å². The number of benzene rings is 2. The summed E-state index contributed by atoms with van der Waals surface area (Å²) in [5, 5.41) is 5.50. The first-order valence-electron chi connectivity index (χ1n) is 9.22. The van der Waals surface area contributed by atoms with Crippen LogP contribution in [0.1, 0.15) is 24.0 Å².